The van der Waals surface area contributed by atoms with E-state index in [1.807, 2.05) is 23.9 Å². The molecule has 1 fully saturated rings. The molecule has 4 heteroatoms. The number of benzene rings is 1. The van der Waals surface area contributed by atoms with E-state index < -0.39 is 0 Å². The zero-order valence-corrected chi connectivity index (χ0v) is 12.8. The van der Waals surface area contributed by atoms with Crippen LogP contribution < -0.4 is 5.32 Å². The van der Waals surface area contributed by atoms with E-state index in [0.717, 1.165) is 18.1 Å². The summed E-state index contributed by atoms with van der Waals surface area (Å²) in [4.78, 5) is 2.48. The minimum absolute atomic E-state index is 0.418. The molecule has 1 heterocycles. The monoisotopic (exact) mass is 284 g/mol. The fourth-order valence-electron chi connectivity index (χ4n) is 2.55. The Bertz CT molecular complexity index is 382. The van der Waals surface area contributed by atoms with Gasteiger partial charge in [0.05, 0.1) is 0 Å². The zero-order valence-electron chi connectivity index (χ0n) is 11.2. The molecule has 0 aliphatic carbocycles. The predicted molar refractivity (Wildman–Crippen MR) is 81.6 cm³/mol. The fraction of sp³-hybridized carbons (Fsp3) is 0.571. The summed E-state index contributed by atoms with van der Waals surface area (Å²) in [5.41, 5.74) is 1.33. The van der Waals surface area contributed by atoms with Crippen molar-refractivity contribution in [3.63, 3.8) is 0 Å². The Hall–Kier alpha value is -0.220. The Balaban J connectivity index is 2.08. The highest BCUT2D eigenvalue weighted by Crippen LogP contribution is 2.27. The Morgan fingerprint density at radius 1 is 1.33 bits per heavy atom. The third kappa shape index (κ3) is 3.02. The minimum Gasteiger partial charge on any atom is -0.314 e. The number of hydrogen-bond donors (Lipinski definition) is 1. The second-order valence-corrected chi connectivity index (χ2v) is 6.41. The first-order chi connectivity index (χ1) is 8.63. The summed E-state index contributed by atoms with van der Waals surface area (Å²) in [6.07, 6.45) is 2.20. The third-order valence-electron chi connectivity index (χ3n) is 3.92. The van der Waals surface area contributed by atoms with Gasteiger partial charge in [0, 0.05) is 35.4 Å². The van der Waals surface area contributed by atoms with Crippen LogP contribution in [0.15, 0.2) is 24.3 Å². The van der Waals surface area contributed by atoms with Gasteiger partial charge < -0.3 is 5.32 Å². The number of nitrogens with zero attached hydrogens (tertiary/aromatic N) is 1. The van der Waals surface area contributed by atoms with E-state index in [-0.39, 0.29) is 0 Å². The van der Waals surface area contributed by atoms with Crippen molar-refractivity contribution >= 4 is 23.4 Å². The number of rotatable bonds is 4. The maximum absolute atomic E-state index is 5.94. The molecule has 0 amide bonds. The average Bonchev–Trinajstić information content (AvgIpc) is 2.86. The minimum atomic E-state index is 0.418. The van der Waals surface area contributed by atoms with Crippen LogP contribution in [0.4, 0.5) is 0 Å². The maximum atomic E-state index is 5.94. The topological polar surface area (TPSA) is 15.3 Å². The van der Waals surface area contributed by atoms with Crippen LogP contribution in [0.5, 0.6) is 0 Å². The Kier molecular flexibility index (Phi) is 4.96. The molecule has 0 radical (unpaired) electrons. The van der Waals surface area contributed by atoms with Gasteiger partial charge >= 0.3 is 0 Å². The van der Waals surface area contributed by atoms with Gasteiger partial charge in [-0.1, -0.05) is 23.7 Å². The molecule has 1 aromatic rings. The summed E-state index contributed by atoms with van der Waals surface area (Å²) < 4.78 is 0. The van der Waals surface area contributed by atoms with Crippen LogP contribution >= 0.6 is 23.4 Å². The quantitative estimate of drug-likeness (QED) is 0.915. The predicted octanol–water partition coefficient (Wildman–Crippen LogP) is 3.04. The lowest BCUT2D eigenvalue weighted by Gasteiger charge is -2.33. The number of hydrogen-bond acceptors (Lipinski definition) is 3. The molecule has 18 heavy (non-hydrogen) atoms. The van der Waals surface area contributed by atoms with Crippen LogP contribution in [-0.2, 0) is 0 Å². The highest BCUT2D eigenvalue weighted by Gasteiger charge is 2.31. The van der Waals surface area contributed by atoms with Crippen LogP contribution in [0.2, 0.25) is 5.02 Å². The maximum Gasteiger partial charge on any atom is 0.0406 e. The first kappa shape index (κ1) is 14.2. The van der Waals surface area contributed by atoms with Crippen LogP contribution in [0, 0.1) is 0 Å². The summed E-state index contributed by atoms with van der Waals surface area (Å²) in [6.45, 7) is 4.46. The van der Waals surface area contributed by atoms with Crippen LogP contribution in [0.25, 0.3) is 0 Å². The normalized spacial score (nSPS) is 25.6. The molecule has 1 aliphatic rings. The molecular formula is C14H21ClN2S. The molecule has 0 bridgehead atoms. The molecule has 1 aliphatic heterocycles. The molecule has 2 nitrogen and oxygen atoms in total. The van der Waals surface area contributed by atoms with E-state index in [9.17, 15) is 0 Å². The first-order valence-corrected chi connectivity index (χ1v) is 8.01. The molecule has 1 saturated heterocycles. The number of halogens is 1. The van der Waals surface area contributed by atoms with Gasteiger partial charge in [0.15, 0.2) is 0 Å². The van der Waals surface area contributed by atoms with E-state index in [2.05, 4.69) is 42.6 Å². The first-order valence-electron chi connectivity index (χ1n) is 6.34. The molecule has 3 unspecified atom stereocenters. The Morgan fingerprint density at radius 2 is 2.00 bits per heavy atom. The van der Waals surface area contributed by atoms with Crippen molar-refractivity contribution in [2.75, 3.05) is 26.4 Å². The number of likely N-dealkylation sites (N-methyl/N-ethyl adjacent to an activating group) is 1. The van der Waals surface area contributed by atoms with Crippen molar-refractivity contribution in [2.45, 2.75) is 24.3 Å². The van der Waals surface area contributed by atoms with Gasteiger partial charge in [0.25, 0.3) is 0 Å². The summed E-state index contributed by atoms with van der Waals surface area (Å²) >= 11 is 7.90. The largest absolute Gasteiger partial charge is 0.314 e. The van der Waals surface area contributed by atoms with Crippen LogP contribution in [-0.4, -0.2) is 42.6 Å². The lowest BCUT2D eigenvalue weighted by molar-refractivity contribution is 0.200. The van der Waals surface area contributed by atoms with Crippen molar-refractivity contribution in [1.82, 2.24) is 10.2 Å². The SMILES string of the molecule is CSC1CNCC1N(C)C(C)c1ccc(Cl)cc1. The highest BCUT2D eigenvalue weighted by molar-refractivity contribution is 7.99. The molecule has 0 saturated carbocycles. The molecule has 1 N–H and O–H groups in total. The van der Waals surface area contributed by atoms with Gasteiger partial charge in [0.2, 0.25) is 0 Å². The van der Waals surface area contributed by atoms with Crippen molar-refractivity contribution in [1.29, 1.82) is 0 Å². The summed E-state index contributed by atoms with van der Waals surface area (Å²) in [6, 6.07) is 9.22. The summed E-state index contributed by atoms with van der Waals surface area (Å²) in [7, 11) is 2.22. The third-order valence-corrected chi connectivity index (χ3v) is 5.26. The van der Waals surface area contributed by atoms with Gasteiger partial charge in [-0.05, 0) is 37.9 Å². The van der Waals surface area contributed by atoms with Crippen molar-refractivity contribution in [3.05, 3.63) is 34.9 Å². The number of nitrogens with one attached hydrogen (secondary N) is 1. The van der Waals surface area contributed by atoms with Gasteiger partial charge in [-0.3, -0.25) is 4.90 Å². The van der Waals surface area contributed by atoms with Crippen LogP contribution in [0.3, 0.4) is 0 Å². The fourth-order valence-corrected chi connectivity index (χ4v) is 3.56. The van der Waals surface area contributed by atoms with Gasteiger partial charge in [-0.25, -0.2) is 0 Å². The van der Waals surface area contributed by atoms with Gasteiger partial charge in [-0.2, -0.15) is 11.8 Å². The molecule has 0 aromatic heterocycles. The summed E-state index contributed by atoms with van der Waals surface area (Å²) in [5.74, 6) is 0. The van der Waals surface area contributed by atoms with E-state index in [0.29, 0.717) is 17.3 Å². The lowest BCUT2D eigenvalue weighted by Crippen LogP contribution is -2.40. The summed E-state index contributed by atoms with van der Waals surface area (Å²) in [5, 5.41) is 4.97. The van der Waals surface area contributed by atoms with Crippen molar-refractivity contribution < 1.29 is 0 Å². The van der Waals surface area contributed by atoms with Gasteiger partial charge in [0.1, 0.15) is 0 Å². The molecule has 2 rings (SSSR count). The average molecular weight is 285 g/mol. The molecule has 1 aromatic carbocycles. The smallest absolute Gasteiger partial charge is 0.0406 e. The molecule has 3 atom stereocenters. The zero-order chi connectivity index (χ0) is 13.1. The molecular weight excluding hydrogens is 264 g/mol. The van der Waals surface area contributed by atoms with E-state index >= 15 is 0 Å². The van der Waals surface area contributed by atoms with Gasteiger partial charge in [-0.15, -0.1) is 0 Å². The second kappa shape index (κ2) is 6.29. The van der Waals surface area contributed by atoms with Crippen LogP contribution in [0.1, 0.15) is 18.5 Å². The lowest BCUT2D eigenvalue weighted by atomic mass is 10.1. The molecule has 100 valence electrons. The van der Waals surface area contributed by atoms with Crippen molar-refractivity contribution in [3.8, 4) is 0 Å². The number of thioether (sulfide) groups is 1. The van der Waals surface area contributed by atoms with Crippen molar-refractivity contribution in [2.24, 2.45) is 0 Å². The Labute approximate surface area is 119 Å². The molecule has 0 spiro atoms. The van der Waals surface area contributed by atoms with E-state index in [1.165, 1.54) is 5.56 Å². The standard InChI is InChI=1S/C14H21ClN2S/c1-10(11-4-6-12(15)7-5-11)17(2)13-8-16-9-14(13)18-3/h4-7,10,13-14,16H,8-9H2,1-3H3. The second-order valence-electron chi connectivity index (χ2n) is 4.89. The van der Waals surface area contributed by atoms with E-state index in [1.54, 1.807) is 0 Å². The Morgan fingerprint density at radius 3 is 2.61 bits per heavy atom. The highest BCUT2D eigenvalue weighted by atomic mass is 35.5. The van der Waals surface area contributed by atoms with E-state index in [4.69, 9.17) is 11.6 Å².